The Labute approximate surface area is 751 Å². The quantitative estimate of drug-likeness (QED) is 0.109. The van der Waals surface area contributed by atoms with E-state index in [-0.39, 0.29) is 73.3 Å². The molecule has 0 atom stereocenters. The van der Waals surface area contributed by atoms with Gasteiger partial charge in [0.05, 0.1) is 11.4 Å². The maximum atomic E-state index is 5.09. The van der Waals surface area contributed by atoms with Gasteiger partial charge in [0, 0.05) is 55.2 Å². The molecule has 0 saturated heterocycles. The summed E-state index contributed by atoms with van der Waals surface area (Å²) in [5.74, 6) is 0. The third-order valence-electron chi connectivity index (χ3n) is 19.5. The van der Waals surface area contributed by atoms with Gasteiger partial charge in [0.25, 0.3) is 0 Å². The first-order valence-corrected chi connectivity index (χ1v) is 40.1. The molecule has 0 spiro atoms. The molecule has 0 bridgehead atoms. The van der Waals surface area contributed by atoms with Crippen LogP contribution in [0.1, 0.15) is 155 Å². The van der Waals surface area contributed by atoms with E-state index in [9.17, 15) is 0 Å². The molecule has 0 amide bonds. The number of aromatic nitrogens is 4. The van der Waals surface area contributed by atoms with Crippen LogP contribution in [0.15, 0.2) is 358 Å². The molecular formula is C113H116Hf2N4-4. The van der Waals surface area contributed by atoms with Crippen LogP contribution in [-0.2, 0) is 73.3 Å². The summed E-state index contributed by atoms with van der Waals surface area (Å²) in [7, 11) is 0. The van der Waals surface area contributed by atoms with Crippen molar-refractivity contribution in [1.82, 2.24) is 19.9 Å². The van der Waals surface area contributed by atoms with Crippen molar-refractivity contribution in [1.29, 1.82) is 0 Å². The predicted octanol–water partition coefficient (Wildman–Crippen LogP) is 30.6. The Kier molecular flexibility index (Phi) is 35.8. The molecule has 4 nitrogen and oxygen atoms in total. The van der Waals surface area contributed by atoms with Crippen molar-refractivity contribution in [2.24, 2.45) is 0 Å². The molecule has 17 aromatic rings. The van der Waals surface area contributed by atoms with Crippen molar-refractivity contribution in [3.63, 3.8) is 0 Å². The van der Waals surface area contributed by atoms with Crippen molar-refractivity contribution in [2.75, 3.05) is 0 Å². The average molecular weight is 1890 g/mol. The molecule has 600 valence electrons. The molecule has 1 N–H and O–H groups in total. The van der Waals surface area contributed by atoms with Gasteiger partial charge in [0.2, 0.25) is 0 Å². The van der Waals surface area contributed by atoms with Crippen LogP contribution in [0.3, 0.4) is 0 Å². The van der Waals surface area contributed by atoms with E-state index < -0.39 is 0 Å². The molecule has 0 unspecified atom stereocenters. The summed E-state index contributed by atoms with van der Waals surface area (Å²) in [5, 5.41) is 10.1. The number of nitrogens with one attached hydrogen (secondary N) is 1. The summed E-state index contributed by atoms with van der Waals surface area (Å²) in [6, 6.07) is 118. The minimum atomic E-state index is 0. The molecule has 119 heavy (non-hydrogen) atoms. The normalized spacial score (nSPS) is 10.7. The van der Waals surface area contributed by atoms with Crippen LogP contribution in [0.2, 0.25) is 0 Å². The van der Waals surface area contributed by atoms with Crippen LogP contribution in [0.25, 0.3) is 88.4 Å². The Hall–Kier alpha value is -11.4. The van der Waals surface area contributed by atoms with E-state index in [1.54, 1.807) is 0 Å². The summed E-state index contributed by atoms with van der Waals surface area (Å²) in [6.45, 7) is 57.5. The number of aryl methyl sites for hydroxylation is 2. The van der Waals surface area contributed by atoms with E-state index in [4.69, 9.17) is 4.98 Å². The third-order valence-corrected chi connectivity index (χ3v) is 19.5. The zero-order valence-electron chi connectivity index (χ0n) is 72.4. The second kappa shape index (κ2) is 45.0. The van der Waals surface area contributed by atoms with Crippen molar-refractivity contribution < 1.29 is 51.7 Å². The molecule has 0 aliphatic carbocycles. The van der Waals surface area contributed by atoms with E-state index in [1.807, 2.05) is 237 Å². The molecule has 4 heterocycles. The summed E-state index contributed by atoms with van der Waals surface area (Å²) < 4.78 is 0. The zero-order valence-corrected chi connectivity index (χ0v) is 79.5. The number of hydrogen-bond donors (Lipinski definition) is 1. The van der Waals surface area contributed by atoms with Gasteiger partial charge in [-0.1, -0.05) is 204 Å². The van der Waals surface area contributed by atoms with Gasteiger partial charge in [-0.2, -0.15) is 172 Å². The van der Waals surface area contributed by atoms with E-state index in [2.05, 4.69) is 282 Å². The molecule has 0 saturated carbocycles. The average Bonchev–Trinajstić information content (AvgIpc) is 1.74. The van der Waals surface area contributed by atoms with E-state index >= 15 is 0 Å². The molecule has 4 aromatic heterocycles. The number of pyridine rings is 2. The second-order valence-corrected chi connectivity index (χ2v) is 33.6. The first kappa shape index (κ1) is 94.7. The molecule has 0 radical (unpaired) electrons. The summed E-state index contributed by atoms with van der Waals surface area (Å²) in [4.78, 5) is 17.9. The van der Waals surface area contributed by atoms with Crippen molar-refractivity contribution in [2.45, 2.75) is 119 Å². The third kappa shape index (κ3) is 29.6. The van der Waals surface area contributed by atoms with E-state index in [0.29, 0.717) is 0 Å². The molecular weight excluding hydrogens is 1770 g/mol. The van der Waals surface area contributed by atoms with Crippen LogP contribution in [0, 0.1) is 62.3 Å². The number of benzene rings is 13. The Morgan fingerprint density at radius 3 is 0.840 bits per heavy atom. The number of nitrogens with zero attached hydrogens (tertiary/aromatic N) is 3. The first-order valence-electron chi connectivity index (χ1n) is 40.1. The van der Waals surface area contributed by atoms with E-state index in [0.717, 1.165) is 73.1 Å². The van der Waals surface area contributed by atoms with Gasteiger partial charge in [-0.15, -0.1) is 96.3 Å². The maximum absolute atomic E-state index is 5.09. The van der Waals surface area contributed by atoms with Gasteiger partial charge in [0.15, 0.2) is 0 Å². The first-order chi connectivity index (χ1) is 55.8. The fourth-order valence-electron chi connectivity index (χ4n) is 12.7. The maximum Gasteiger partial charge on any atom is 4.00 e. The fourth-order valence-corrected chi connectivity index (χ4v) is 12.7. The monoisotopic (exact) mass is 1890 g/mol. The van der Waals surface area contributed by atoms with Gasteiger partial charge in [-0.05, 0) is 172 Å². The molecule has 0 fully saturated rings. The number of H-pyrrole nitrogens is 1. The topological polar surface area (TPSA) is 55.7 Å². The molecule has 6 heteroatoms. The fraction of sp³-hybridized carbons (Fsp3) is 0.159. The number of hydrogen-bond acceptors (Lipinski definition) is 2. The minimum Gasteiger partial charge on any atom is -0.656 e. The van der Waals surface area contributed by atoms with Crippen LogP contribution in [0.5, 0.6) is 0 Å². The SMILES string of the molecule is Cc1ccnc(-c2ccc(-c3c4ccc(C(C)(C)C)cc4cc4ccc(C(C)(C)C)cc34)[n-]2)c1.Cc1ccnc(-c2ccc(-c3c4ccc(C(C)(C)C)cc4cc4ccc(C(C)(C)C)cc34)[nH]2)c1.[CH2-]c1ccccc1.[CH2-]c1ccccc1.[CH2-]c1ccccc1.[CH2-]c1ccccc1.[CH2-]c1ccccc1.[CH2-]c1ccccc1.[CH2-]c1ccccc1.[Hf+4].[Hf]. The molecule has 13 aromatic carbocycles. The van der Waals surface area contributed by atoms with Crippen LogP contribution in [-0.4, -0.2) is 15.0 Å². The van der Waals surface area contributed by atoms with Crippen LogP contribution < -0.4 is 4.98 Å². The Morgan fingerprint density at radius 2 is 0.529 bits per heavy atom. The summed E-state index contributed by atoms with van der Waals surface area (Å²) in [5.41, 5.74) is 24.1. The minimum absolute atomic E-state index is 0. The van der Waals surface area contributed by atoms with Gasteiger partial charge in [-0.3, -0.25) is 9.97 Å². The van der Waals surface area contributed by atoms with Gasteiger partial charge < -0.3 is 9.97 Å². The molecule has 0 aliphatic rings. The summed E-state index contributed by atoms with van der Waals surface area (Å²) in [6.07, 6.45) is 3.73. The van der Waals surface area contributed by atoms with Gasteiger partial charge >= 0.3 is 25.8 Å². The Balaban J connectivity index is 0.000000208. The number of fused-ring (bicyclic) bond motifs is 4. The summed E-state index contributed by atoms with van der Waals surface area (Å²) >= 11 is 0. The molecule has 0 aliphatic heterocycles. The van der Waals surface area contributed by atoms with E-state index in [1.165, 1.54) is 87.6 Å². The smallest absolute Gasteiger partial charge is 0.656 e. The van der Waals surface area contributed by atoms with Gasteiger partial charge in [-0.25, -0.2) is 0 Å². The second-order valence-electron chi connectivity index (χ2n) is 33.6. The molecule has 17 rings (SSSR count). The standard InChI is InChI=1S/C32H34N2.C32H33N2.7C7H7.2Hf/c2*1-20-14-15-33-29(16-20)27-12-13-28(34-27)30-25-11-10-23(31(2,3)4)18-22(25)17-21-8-9-24(19-26(21)30)32(5,6)7;7*1-7-5-3-2-4-6-7;;/h8-19,34H,1-7H3;8-19H,1-7H3;7*2-6H,1H2;;/q;8*-1;;+4. The Morgan fingerprint density at radius 1 is 0.252 bits per heavy atom. The van der Waals surface area contributed by atoms with Gasteiger partial charge in [0.1, 0.15) is 0 Å². The van der Waals surface area contributed by atoms with Crippen LogP contribution >= 0.6 is 0 Å². The largest absolute Gasteiger partial charge is 4.00 e. The number of rotatable bonds is 4. The van der Waals surface area contributed by atoms with Crippen LogP contribution in [0.4, 0.5) is 0 Å². The van der Waals surface area contributed by atoms with Crippen molar-refractivity contribution in [3.8, 4) is 45.3 Å². The number of aromatic amines is 1. The van der Waals surface area contributed by atoms with Crippen molar-refractivity contribution >= 4 is 43.1 Å². The predicted molar refractivity (Wildman–Crippen MR) is 508 cm³/mol. The Bertz CT molecular complexity index is 5260. The zero-order chi connectivity index (χ0) is 84.3. The van der Waals surface area contributed by atoms with Crippen molar-refractivity contribution in [3.05, 3.63) is 479 Å².